The largest absolute Gasteiger partial charge is 0.378 e. The molecule has 5 heteroatoms. The molecule has 0 bridgehead atoms. The normalized spacial score (nSPS) is 16.1. The first-order chi connectivity index (χ1) is 9.11. The second-order valence-electron chi connectivity index (χ2n) is 4.78. The van der Waals surface area contributed by atoms with E-state index in [9.17, 15) is 4.79 Å². The Bertz CT molecular complexity index is 513. The molecule has 0 unspecified atom stereocenters. The molecule has 5 nitrogen and oxygen atoms in total. The molecular formula is C14H18N4O. The molecule has 1 fully saturated rings. The molecule has 1 aliphatic heterocycles. The zero-order valence-electron chi connectivity index (χ0n) is 11.1. The highest BCUT2D eigenvalue weighted by Gasteiger charge is 2.21. The minimum atomic E-state index is -0.286. The van der Waals surface area contributed by atoms with Gasteiger partial charge in [-0.25, -0.2) is 4.85 Å². The van der Waals surface area contributed by atoms with Gasteiger partial charge in [0.1, 0.15) is 0 Å². The van der Waals surface area contributed by atoms with Crippen molar-refractivity contribution in [2.75, 3.05) is 37.6 Å². The number of benzene rings is 1. The SMILES string of the molecule is [C-]#[N+]c1cccc(C)c1N1CCN(CC(N)=O)CC1. The molecule has 1 aliphatic rings. The van der Waals surface area contributed by atoms with Gasteiger partial charge in [-0.2, -0.15) is 0 Å². The highest BCUT2D eigenvalue weighted by Crippen LogP contribution is 2.32. The summed E-state index contributed by atoms with van der Waals surface area (Å²) < 4.78 is 0. The highest BCUT2D eigenvalue weighted by atomic mass is 16.1. The van der Waals surface area contributed by atoms with Crippen LogP contribution in [0.4, 0.5) is 11.4 Å². The maximum Gasteiger partial charge on any atom is 0.231 e. The summed E-state index contributed by atoms with van der Waals surface area (Å²) in [7, 11) is 0. The molecule has 2 N–H and O–H groups in total. The van der Waals surface area contributed by atoms with Gasteiger partial charge in [-0.05, 0) is 12.5 Å². The first kappa shape index (κ1) is 13.4. The van der Waals surface area contributed by atoms with E-state index in [1.165, 1.54) is 0 Å². The summed E-state index contributed by atoms with van der Waals surface area (Å²) in [6.45, 7) is 12.8. The average Bonchev–Trinajstić information content (AvgIpc) is 2.39. The Hall–Kier alpha value is -2.06. The van der Waals surface area contributed by atoms with Gasteiger partial charge in [-0.3, -0.25) is 9.69 Å². The van der Waals surface area contributed by atoms with Crippen molar-refractivity contribution in [3.63, 3.8) is 0 Å². The maximum absolute atomic E-state index is 10.9. The van der Waals surface area contributed by atoms with Crippen LogP contribution >= 0.6 is 0 Å². The van der Waals surface area contributed by atoms with Gasteiger partial charge in [-0.15, -0.1) is 0 Å². The molecule has 0 atom stereocenters. The van der Waals surface area contributed by atoms with Gasteiger partial charge < -0.3 is 10.6 Å². The molecule has 0 aliphatic carbocycles. The minimum absolute atomic E-state index is 0.286. The Labute approximate surface area is 113 Å². The van der Waals surface area contributed by atoms with Crippen molar-refractivity contribution in [2.24, 2.45) is 5.73 Å². The summed E-state index contributed by atoms with van der Waals surface area (Å²) in [6.07, 6.45) is 0. The van der Waals surface area contributed by atoms with Gasteiger partial charge in [0.2, 0.25) is 11.6 Å². The fourth-order valence-electron chi connectivity index (χ4n) is 2.50. The summed E-state index contributed by atoms with van der Waals surface area (Å²) in [5.74, 6) is -0.286. The molecule has 0 aromatic heterocycles. The summed E-state index contributed by atoms with van der Waals surface area (Å²) in [5.41, 5.74) is 8.05. The summed E-state index contributed by atoms with van der Waals surface area (Å²) in [6, 6.07) is 5.79. The predicted molar refractivity (Wildman–Crippen MR) is 75.3 cm³/mol. The highest BCUT2D eigenvalue weighted by molar-refractivity contribution is 5.76. The van der Waals surface area contributed by atoms with E-state index in [4.69, 9.17) is 12.3 Å². The van der Waals surface area contributed by atoms with Crippen LogP contribution in [0.15, 0.2) is 18.2 Å². The summed E-state index contributed by atoms with van der Waals surface area (Å²) in [5, 5.41) is 0. The fourth-order valence-corrected chi connectivity index (χ4v) is 2.50. The standard InChI is InChI=1S/C14H18N4O/c1-11-4-3-5-12(16-2)14(11)18-8-6-17(7-9-18)10-13(15)19/h3-5H,6-10H2,1H3,(H2,15,19). The van der Waals surface area contributed by atoms with Crippen LogP contribution < -0.4 is 10.6 Å². The number of aryl methyl sites for hydroxylation is 1. The van der Waals surface area contributed by atoms with Crippen LogP contribution in [0.3, 0.4) is 0 Å². The van der Waals surface area contributed by atoms with Crippen LogP contribution in [0.2, 0.25) is 0 Å². The number of amides is 1. The smallest absolute Gasteiger partial charge is 0.231 e. The number of carbonyl (C=O) groups is 1. The van der Waals surface area contributed by atoms with E-state index in [2.05, 4.69) is 14.6 Å². The lowest BCUT2D eigenvalue weighted by Crippen LogP contribution is -2.49. The molecule has 0 radical (unpaired) electrons. The van der Waals surface area contributed by atoms with Crippen molar-refractivity contribution in [3.05, 3.63) is 35.2 Å². The minimum Gasteiger partial charge on any atom is -0.378 e. The third-order valence-corrected chi connectivity index (χ3v) is 3.40. The Morgan fingerprint density at radius 2 is 2.05 bits per heavy atom. The molecule has 1 aromatic carbocycles. The number of rotatable bonds is 3. The van der Waals surface area contributed by atoms with E-state index in [1.807, 2.05) is 25.1 Å². The van der Waals surface area contributed by atoms with Crippen molar-refractivity contribution in [1.29, 1.82) is 0 Å². The van der Waals surface area contributed by atoms with Crippen LogP contribution in [-0.4, -0.2) is 43.5 Å². The quantitative estimate of drug-likeness (QED) is 0.828. The number of primary amides is 1. The predicted octanol–water partition coefficient (Wildman–Crippen LogP) is 1.15. The van der Waals surface area contributed by atoms with Crippen molar-refractivity contribution in [2.45, 2.75) is 6.92 Å². The second-order valence-corrected chi connectivity index (χ2v) is 4.78. The van der Waals surface area contributed by atoms with E-state index in [1.54, 1.807) is 0 Å². The van der Waals surface area contributed by atoms with Gasteiger partial charge in [0.05, 0.1) is 13.1 Å². The number of para-hydroxylation sites is 1. The monoisotopic (exact) mass is 258 g/mol. The molecule has 1 amide bonds. The first-order valence-corrected chi connectivity index (χ1v) is 6.34. The number of hydrogen-bond acceptors (Lipinski definition) is 3. The number of carbonyl (C=O) groups excluding carboxylic acids is 1. The molecule has 19 heavy (non-hydrogen) atoms. The van der Waals surface area contributed by atoms with E-state index in [-0.39, 0.29) is 5.91 Å². The van der Waals surface area contributed by atoms with E-state index >= 15 is 0 Å². The van der Waals surface area contributed by atoms with Crippen molar-refractivity contribution in [3.8, 4) is 0 Å². The Morgan fingerprint density at radius 3 is 2.63 bits per heavy atom. The van der Waals surface area contributed by atoms with Gasteiger partial charge in [0, 0.05) is 31.9 Å². The van der Waals surface area contributed by atoms with E-state index < -0.39 is 0 Å². The number of hydrogen-bond donors (Lipinski definition) is 1. The second kappa shape index (κ2) is 5.72. The number of anilines is 1. The zero-order valence-corrected chi connectivity index (χ0v) is 11.1. The molecular weight excluding hydrogens is 240 g/mol. The zero-order chi connectivity index (χ0) is 13.8. The van der Waals surface area contributed by atoms with Crippen LogP contribution in [0.1, 0.15) is 5.56 Å². The van der Waals surface area contributed by atoms with Crippen LogP contribution in [0.5, 0.6) is 0 Å². The molecule has 1 heterocycles. The number of nitrogens with zero attached hydrogens (tertiary/aromatic N) is 3. The third-order valence-electron chi connectivity index (χ3n) is 3.40. The van der Waals surface area contributed by atoms with Gasteiger partial charge in [-0.1, -0.05) is 18.2 Å². The van der Waals surface area contributed by atoms with Crippen molar-refractivity contribution in [1.82, 2.24) is 4.90 Å². The van der Waals surface area contributed by atoms with Gasteiger partial charge in [0.15, 0.2) is 0 Å². The maximum atomic E-state index is 10.9. The molecule has 0 spiro atoms. The van der Waals surface area contributed by atoms with E-state index in [0.29, 0.717) is 12.2 Å². The van der Waals surface area contributed by atoms with Gasteiger partial charge >= 0.3 is 0 Å². The third kappa shape index (κ3) is 3.04. The molecule has 1 saturated heterocycles. The van der Waals surface area contributed by atoms with E-state index in [0.717, 1.165) is 37.4 Å². The van der Waals surface area contributed by atoms with Crippen LogP contribution in [0, 0.1) is 13.5 Å². The Kier molecular flexibility index (Phi) is 4.03. The topological polar surface area (TPSA) is 53.9 Å². The number of nitrogens with two attached hydrogens (primary N) is 1. The molecule has 0 saturated carbocycles. The summed E-state index contributed by atoms with van der Waals surface area (Å²) in [4.78, 5) is 18.8. The molecule has 100 valence electrons. The lowest BCUT2D eigenvalue weighted by Gasteiger charge is -2.36. The van der Waals surface area contributed by atoms with Gasteiger partial charge in [0.25, 0.3) is 0 Å². The Balaban J connectivity index is 2.10. The molecule has 2 rings (SSSR count). The lowest BCUT2D eigenvalue weighted by atomic mass is 10.1. The fraction of sp³-hybridized carbons (Fsp3) is 0.429. The average molecular weight is 258 g/mol. The molecule has 1 aromatic rings. The number of piperazine rings is 1. The van der Waals surface area contributed by atoms with Crippen molar-refractivity contribution >= 4 is 17.3 Å². The Morgan fingerprint density at radius 1 is 1.37 bits per heavy atom. The first-order valence-electron chi connectivity index (χ1n) is 6.34. The summed E-state index contributed by atoms with van der Waals surface area (Å²) >= 11 is 0. The van der Waals surface area contributed by atoms with Crippen molar-refractivity contribution < 1.29 is 4.79 Å². The van der Waals surface area contributed by atoms with Crippen LogP contribution in [-0.2, 0) is 4.79 Å². The lowest BCUT2D eigenvalue weighted by molar-refractivity contribution is -0.119. The van der Waals surface area contributed by atoms with Crippen LogP contribution in [0.25, 0.3) is 4.85 Å².